The monoisotopic (exact) mass is 357 g/mol. The van der Waals surface area contributed by atoms with Crippen molar-refractivity contribution >= 4 is 15.7 Å². The maximum absolute atomic E-state index is 12.9. The minimum Gasteiger partial charge on any atom is -0.338 e. The van der Waals surface area contributed by atoms with Crippen LogP contribution in [0.1, 0.15) is 45.4 Å². The van der Waals surface area contributed by atoms with Gasteiger partial charge in [-0.25, -0.2) is 8.42 Å². The second-order valence-electron chi connectivity index (χ2n) is 7.62. The summed E-state index contributed by atoms with van der Waals surface area (Å²) in [6.45, 7) is 5.80. The van der Waals surface area contributed by atoms with Crippen LogP contribution >= 0.6 is 0 Å². The number of rotatable bonds is 4. The number of piperazine rings is 1. The van der Waals surface area contributed by atoms with Crippen LogP contribution in [0, 0.1) is 0 Å². The van der Waals surface area contributed by atoms with Crippen molar-refractivity contribution in [2.24, 2.45) is 0 Å². The lowest BCUT2D eigenvalue weighted by atomic mass is 9.79. The molecule has 0 aromatic heterocycles. The minimum atomic E-state index is -2.96. The highest BCUT2D eigenvalue weighted by atomic mass is 32.2. The van der Waals surface area contributed by atoms with Crippen LogP contribution in [0.2, 0.25) is 0 Å². The van der Waals surface area contributed by atoms with Gasteiger partial charge >= 0.3 is 0 Å². The quantitative estimate of drug-likeness (QED) is 0.799. The van der Waals surface area contributed by atoms with Gasteiger partial charge in [0.2, 0.25) is 5.91 Å². The molecule has 2 aliphatic heterocycles. The number of nitrogens with zero attached hydrogens (tertiary/aromatic N) is 2. The van der Waals surface area contributed by atoms with Crippen LogP contribution in [-0.4, -0.2) is 79.9 Å². The molecule has 1 spiro atoms. The van der Waals surface area contributed by atoms with E-state index < -0.39 is 9.84 Å². The van der Waals surface area contributed by atoms with E-state index in [1.165, 1.54) is 19.3 Å². The predicted molar refractivity (Wildman–Crippen MR) is 94.7 cm³/mol. The van der Waals surface area contributed by atoms with E-state index >= 15 is 0 Å². The van der Waals surface area contributed by atoms with Crippen molar-refractivity contribution in [3.8, 4) is 0 Å². The van der Waals surface area contributed by atoms with Crippen molar-refractivity contribution in [1.82, 2.24) is 15.1 Å². The van der Waals surface area contributed by atoms with Crippen LogP contribution in [0.25, 0.3) is 0 Å². The summed E-state index contributed by atoms with van der Waals surface area (Å²) in [4.78, 5) is 17.1. The fourth-order valence-electron chi connectivity index (χ4n) is 4.75. The fourth-order valence-corrected chi connectivity index (χ4v) is 6.48. The van der Waals surface area contributed by atoms with Gasteiger partial charge in [0.15, 0.2) is 9.84 Å². The highest BCUT2D eigenvalue weighted by molar-refractivity contribution is 7.91. The molecule has 3 aliphatic rings. The molecule has 138 valence electrons. The molecule has 2 heterocycles. The van der Waals surface area contributed by atoms with E-state index in [1.807, 2.05) is 11.8 Å². The molecule has 6 nitrogen and oxygen atoms in total. The van der Waals surface area contributed by atoms with Gasteiger partial charge in [0.25, 0.3) is 0 Å². The molecule has 2 saturated heterocycles. The van der Waals surface area contributed by atoms with E-state index in [2.05, 4.69) is 10.2 Å². The van der Waals surface area contributed by atoms with Crippen molar-refractivity contribution in [3.63, 3.8) is 0 Å². The Morgan fingerprint density at radius 3 is 2.67 bits per heavy atom. The summed E-state index contributed by atoms with van der Waals surface area (Å²) < 4.78 is 23.5. The van der Waals surface area contributed by atoms with E-state index in [1.54, 1.807) is 0 Å². The van der Waals surface area contributed by atoms with E-state index in [0.29, 0.717) is 19.5 Å². The van der Waals surface area contributed by atoms with Gasteiger partial charge in [0, 0.05) is 37.8 Å². The van der Waals surface area contributed by atoms with Crippen molar-refractivity contribution in [2.75, 3.05) is 44.2 Å². The standard InChI is InChI=1S/C17H31N3O3S/c1-2-20(15-6-11-24(22,23)13-15)16(21)12-19-10-9-18-14-17(19)7-4-3-5-8-17/h15,18H,2-14H2,1H3. The van der Waals surface area contributed by atoms with E-state index in [4.69, 9.17) is 0 Å². The van der Waals surface area contributed by atoms with Gasteiger partial charge in [-0.3, -0.25) is 9.69 Å². The SMILES string of the molecule is CCN(C(=O)CN1CCNCC12CCCCC2)C1CCS(=O)(=O)C1. The molecular weight excluding hydrogens is 326 g/mol. The summed E-state index contributed by atoms with van der Waals surface area (Å²) in [5.41, 5.74) is 0.132. The molecule has 1 amide bonds. The highest BCUT2D eigenvalue weighted by Crippen LogP contribution is 2.34. The zero-order valence-electron chi connectivity index (χ0n) is 14.8. The van der Waals surface area contributed by atoms with Gasteiger partial charge in [-0.1, -0.05) is 19.3 Å². The zero-order valence-corrected chi connectivity index (χ0v) is 15.6. The first-order valence-electron chi connectivity index (χ1n) is 9.41. The van der Waals surface area contributed by atoms with Gasteiger partial charge in [0.1, 0.15) is 0 Å². The molecule has 0 aromatic rings. The number of carbonyl (C=O) groups excluding carboxylic acids is 1. The van der Waals surface area contributed by atoms with Crippen molar-refractivity contribution in [1.29, 1.82) is 0 Å². The first-order valence-corrected chi connectivity index (χ1v) is 11.2. The molecule has 0 aromatic carbocycles. The van der Waals surface area contributed by atoms with E-state index in [0.717, 1.165) is 32.5 Å². The van der Waals surface area contributed by atoms with Crippen LogP contribution in [-0.2, 0) is 14.6 Å². The Hall–Kier alpha value is -0.660. The summed E-state index contributed by atoms with van der Waals surface area (Å²) in [7, 11) is -2.96. The molecule has 0 bridgehead atoms. The summed E-state index contributed by atoms with van der Waals surface area (Å²) in [5.74, 6) is 0.463. The van der Waals surface area contributed by atoms with Crippen molar-refractivity contribution in [3.05, 3.63) is 0 Å². The second-order valence-corrected chi connectivity index (χ2v) is 9.85. The zero-order chi connectivity index (χ0) is 17.2. The number of hydrogen-bond donors (Lipinski definition) is 1. The number of nitrogens with one attached hydrogen (secondary N) is 1. The topological polar surface area (TPSA) is 69.7 Å². The molecule has 7 heteroatoms. The molecule has 3 fully saturated rings. The third-order valence-corrected chi connectivity index (χ3v) is 7.85. The van der Waals surface area contributed by atoms with Gasteiger partial charge in [-0.05, 0) is 26.2 Å². The normalized spacial score (nSPS) is 29.6. The van der Waals surface area contributed by atoms with Crippen LogP contribution in [0.5, 0.6) is 0 Å². The highest BCUT2D eigenvalue weighted by Gasteiger charge is 2.42. The molecule has 3 rings (SSSR count). The van der Waals surface area contributed by atoms with Crippen molar-refractivity contribution in [2.45, 2.75) is 57.0 Å². The molecule has 24 heavy (non-hydrogen) atoms. The summed E-state index contributed by atoms with van der Waals surface area (Å²) in [5, 5.41) is 3.51. The lowest BCUT2D eigenvalue weighted by Crippen LogP contribution is -2.64. The molecule has 1 unspecified atom stereocenters. The smallest absolute Gasteiger partial charge is 0.237 e. The third-order valence-electron chi connectivity index (χ3n) is 6.10. The Kier molecular flexibility index (Phi) is 5.52. The molecule has 0 radical (unpaired) electrons. The predicted octanol–water partition coefficient (Wildman–Crippen LogP) is 0.630. The maximum atomic E-state index is 12.9. The molecule has 1 N–H and O–H groups in total. The van der Waals surface area contributed by atoms with Crippen LogP contribution in [0.15, 0.2) is 0 Å². The first kappa shape index (κ1) is 18.1. The molecule has 1 saturated carbocycles. The lowest BCUT2D eigenvalue weighted by molar-refractivity contribution is -0.136. The van der Waals surface area contributed by atoms with Crippen LogP contribution in [0.4, 0.5) is 0 Å². The van der Waals surface area contributed by atoms with Crippen LogP contribution < -0.4 is 5.32 Å². The minimum absolute atomic E-state index is 0.103. The summed E-state index contributed by atoms with van der Waals surface area (Å²) >= 11 is 0. The lowest BCUT2D eigenvalue weighted by Gasteiger charge is -2.50. The third kappa shape index (κ3) is 3.78. The fraction of sp³-hybridized carbons (Fsp3) is 0.941. The average Bonchev–Trinajstić information content (AvgIpc) is 2.91. The number of amides is 1. The molecule has 1 aliphatic carbocycles. The number of hydrogen-bond acceptors (Lipinski definition) is 5. The Bertz CT molecular complexity index is 549. The number of carbonyl (C=O) groups is 1. The van der Waals surface area contributed by atoms with Gasteiger partial charge in [-0.15, -0.1) is 0 Å². The van der Waals surface area contributed by atoms with E-state index in [9.17, 15) is 13.2 Å². The average molecular weight is 358 g/mol. The number of likely N-dealkylation sites (N-methyl/N-ethyl adjacent to an activating group) is 1. The largest absolute Gasteiger partial charge is 0.338 e. The number of sulfone groups is 1. The second kappa shape index (κ2) is 7.30. The Morgan fingerprint density at radius 2 is 2.04 bits per heavy atom. The van der Waals surface area contributed by atoms with Gasteiger partial charge in [-0.2, -0.15) is 0 Å². The summed E-state index contributed by atoms with van der Waals surface area (Å²) in [6.07, 6.45) is 6.70. The van der Waals surface area contributed by atoms with Gasteiger partial charge in [0.05, 0.1) is 18.1 Å². The van der Waals surface area contributed by atoms with Crippen LogP contribution in [0.3, 0.4) is 0 Å². The summed E-state index contributed by atoms with van der Waals surface area (Å²) in [6, 6.07) is -0.127. The molecular formula is C17H31N3O3S. The Labute approximate surface area is 145 Å². The van der Waals surface area contributed by atoms with Crippen molar-refractivity contribution < 1.29 is 13.2 Å². The van der Waals surface area contributed by atoms with E-state index in [-0.39, 0.29) is 29.0 Å². The molecule has 1 atom stereocenters. The van der Waals surface area contributed by atoms with Gasteiger partial charge < -0.3 is 10.2 Å². The first-order chi connectivity index (χ1) is 11.5. The Morgan fingerprint density at radius 1 is 1.29 bits per heavy atom. The maximum Gasteiger partial charge on any atom is 0.237 e. The Balaban J connectivity index is 1.67.